The van der Waals surface area contributed by atoms with Gasteiger partial charge in [0.2, 0.25) is 0 Å². The van der Waals surface area contributed by atoms with Crippen molar-refractivity contribution in [2.75, 3.05) is 20.3 Å². The van der Waals surface area contributed by atoms with Gasteiger partial charge in [0.15, 0.2) is 11.7 Å². The van der Waals surface area contributed by atoms with Gasteiger partial charge in [-0.3, -0.25) is 4.79 Å². The molecule has 0 spiro atoms. The van der Waals surface area contributed by atoms with E-state index in [1.807, 2.05) is 0 Å². The number of fused-ring (bicyclic) bond motifs is 1. The highest BCUT2D eigenvalue weighted by atomic mass is 16.7. The molecule has 2 aliphatic rings. The van der Waals surface area contributed by atoms with E-state index in [1.165, 1.54) is 31.4 Å². The number of phenols is 2. The van der Waals surface area contributed by atoms with Gasteiger partial charge in [-0.05, 0) is 42.8 Å². The minimum absolute atomic E-state index is 0.0211. The molecule has 8 unspecified atom stereocenters. The van der Waals surface area contributed by atoms with E-state index in [2.05, 4.69) is 0 Å². The summed E-state index contributed by atoms with van der Waals surface area (Å²) in [5.41, 5.74) is 0.200. The number of phenolic OH excluding ortho intramolecular Hbond substituents is 2. The monoisotopic (exact) mass is 588 g/mol. The van der Waals surface area contributed by atoms with Crippen LogP contribution in [0.2, 0.25) is 0 Å². The molecule has 2 aliphatic heterocycles. The zero-order chi connectivity index (χ0) is 30.3. The summed E-state index contributed by atoms with van der Waals surface area (Å²) in [5.74, 6) is -0.490. The fraction of sp³-hybridized carbons (Fsp3) is 0.414. The Morgan fingerprint density at radius 3 is 2.31 bits per heavy atom. The number of ether oxygens (including phenoxy) is 4. The molecule has 13 heteroatoms. The second-order valence-electron chi connectivity index (χ2n) is 10.2. The predicted octanol–water partition coefficient (Wildman–Crippen LogP) is 0.443. The smallest absolute Gasteiger partial charge is 0.197 e. The Balaban J connectivity index is 1.62. The third-order valence-electron chi connectivity index (χ3n) is 7.49. The Labute approximate surface area is 239 Å². The second kappa shape index (κ2) is 12.0. The Hall–Kier alpha value is -3.53. The molecule has 226 valence electrons. The molecule has 13 nitrogen and oxygen atoms in total. The molecule has 42 heavy (non-hydrogen) atoms. The van der Waals surface area contributed by atoms with Gasteiger partial charge in [-0.25, -0.2) is 0 Å². The van der Waals surface area contributed by atoms with E-state index in [-0.39, 0.29) is 33.8 Å². The van der Waals surface area contributed by atoms with Gasteiger partial charge in [0.25, 0.3) is 0 Å². The Morgan fingerprint density at radius 2 is 1.67 bits per heavy atom. The molecule has 8 atom stereocenters. The van der Waals surface area contributed by atoms with E-state index in [0.717, 1.165) is 6.07 Å². The van der Waals surface area contributed by atoms with Crippen LogP contribution in [0.1, 0.15) is 18.6 Å². The highest BCUT2D eigenvalue weighted by Crippen LogP contribution is 2.46. The molecule has 7 N–H and O–H groups in total. The maximum absolute atomic E-state index is 13.3. The molecule has 0 bridgehead atoms. The molecule has 3 heterocycles. The average Bonchev–Trinajstić information content (AvgIpc) is 2.97. The summed E-state index contributed by atoms with van der Waals surface area (Å²) in [4.78, 5) is 13.3. The largest absolute Gasteiger partial charge is 0.508 e. The number of aromatic hydroxyl groups is 2. The molecule has 0 saturated carbocycles. The molecular formula is C29H32O13. The lowest BCUT2D eigenvalue weighted by atomic mass is 9.89. The summed E-state index contributed by atoms with van der Waals surface area (Å²) in [6, 6.07) is 8.43. The number of rotatable bonds is 7. The minimum Gasteiger partial charge on any atom is -0.508 e. The maximum Gasteiger partial charge on any atom is 0.197 e. The Morgan fingerprint density at radius 1 is 0.952 bits per heavy atom. The van der Waals surface area contributed by atoms with Crippen molar-refractivity contribution in [3.8, 4) is 28.6 Å². The first kappa shape index (κ1) is 29.9. The zero-order valence-electron chi connectivity index (χ0n) is 22.7. The number of aliphatic hydroxyl groups is 5. The topological polar surface area (TPSA) is 209 Å². The summed E-state index contributed by atoms with van der Waals surface area (Å²) in [5, 5.41) is 72.6. The third kappa shape index (κ3) is 5.37. The molecule has 0 aliphatic carbocycles. The van der Waals surface area contributed by atoms with Crippen molar-refractivity contribution in [2.45, 2.75) is 55.9 Å². The molecule has 0 radical (unpaired) electrons. The first-order chi connectivity index (χ1) is 20.1. The first-order valence-electron chi connectivity index (χ1n) is 13.2. The highest BCUT2D eigenvalue weighted by molar-refractivity contribution is 5.88. The van der Waals surface area contributed by atoms with Crippen LogP contribution < -0.4 is 10.2 Å². The van der Waals surface area contributed by atoms with Crippen LogP contribution in [0.15, 0.2) is 57.3 Å². The predicted molar refractivity (Wildman–Crippen MR) is 145 cm³/mol. The van der Waals surface area contributed by atoms with Crippen LogP contribution in [-0.2, 0) is 14.2 Å². The summed E-state index contributed by atoms with van der Waals surface area (Å²) < 4.78 is 28.9. The van der Waals surface area contributed by atoms with E-state index in [0.29, 0.717) is 11.1 Å². The molecule has 3 aromatic rings. The van der Waals surface area contributed by atoms with Gasteiger partial charge in [0, 0.05) is 17.7 Å². The van der Waals surface area contributed by atoms with Gasteiger partial charge in [-0.1, -0.05) is 0 Å². The number of benzene rings is 2. The van der Waals surface area contributed by atoms with Gasteiger partial charge < -0.3 is 59.1 Å². The summed E-state index contributed by atoms with van der Waals surface area (Å²) in [6.45, 7) is 0.514. The van der Waals surface area contributed by atoms with Gasteiger partial charge in [0.05, 0.1) is 25.9 Å². The lowest BCUT2D eigenvalue weighted by Gasteiger charge is -2.45. The van der Waals surface area contributed by atoms with Crippen LogP contribution >= 0.6 is 0 Å². The first-order valence-corrected chi connectivity index (χ1v) is 13.2. The Bertz CT molecular complexity index is 1510. The third-order valence-corrected chi connectivity index (χ3v) is 7.49. The van der Waals surface area contributed by atoms with E-state index in [1.54, 1.807) is 19.1 Å². The van der Waals surface area contributed by atoms with Gasteiger partial charge in [-0.2, -0.15) is 0 Å². The molecule has 2 aromatic carbocycles. The number of methoxy groups -OCH3 is 1. The fourth-order valence-corrected chi connectivity index (χ4v) is 5.24. The second-order valence-corrected chi connectivity index (χ2v) is 10.2. The van der Waals surface area contributed by atoms with Crippen molar-refractivity contribution in [3.63, 3.8) is 0 Å². The lowest BCUT2D eigenvalue weighted by molar-refractivity contribution is -0.303. The summed E-state index contributed by atoms with van der Waals surface area (Å²) >= 11 is 0. The molecule has 0 amide bonds. The van der Waals surface area contributed by atoms with Gasteiger partial charge in [0.1, 0.15) is 76.7 Å². The van der Waals surface area contributed by atoms with Crippen LogP contribution in [0.3, 0.4) is 0 Å². The molecular weight excluding hydrogens is 556 g/mol. The number of hydrogen-bond donors (Lipinski definition) is 7. The van der Waals surface area contributed by atoms with Gasteiger partial charge in [-0.15, -0.1) is 0 Å². The number of aliphatic hydroxyl groups excluding tert-OH is 5. The molecule has 1 aromatic heterocycles. The van der Waals surface area contributed by atoms with Crippen LogP contribution in [0.5, 0.6) is 17.2 Å². The SMILES string of the molecule is COc1cc2oc(-c3ccc(O)cc3)cc(=O)c2c(O)c1C1OC(CO)C(O)C(O)C1OC1OC(CO)C(C)=CC1O. The van der Waals surface area contributed by atoms with Crippen molar-refractivity contribution in [3.05, 3.63) is 63.8 Å². The quantitative estimate of drug-likeness (QED) is 0.187. The lowest BCUT2D eigenvalue weighted by Crippen LogP contribution is -2.58. The van der Waals surface area contributed by atoms with Crippen LogP contribution in [0, 0.1) is 0 Å². The molecule has 5 rings (SSSR count). The summed E-state index contributed by atoms with van der Waals surface area (Å²) in [6.07, 6.45) is -9.86. The van der Waals surface area contributed by atoms with E-state index >= 15 is 0 Å². The number of hydrogen-bond acceptors (Lipinski definition) is 13. The Kier molecular flexibility index (Phi) is 8.55. The average molecular weight is 589 g/mol. The van der Waals surface area contributed by atoms with E-state index < -0.39 is 73.4 Å². The maximum atomic E-state index is 13.3. The highest BCUT2D eigenvalue weighted by Gasteiger charge is 2.49. The van der Waals surface area contributed by atoms with E-state index in [4.69, 9.17) is 23.4 Å². The van der Waals surface area contributed by atoms with Crippen LogP contribution in [0.4, 0.5) is 0 Å². The van der Waals surface area contributed by atoms with Crippen molar-refractivity contribution in [1.82, 2.24) is 0 Å². The zero-order valence-corrected chi connectivity index (χ0v) is 22.7. The van der Waals surface area contributed by atoms with E-state index in [9.17, 15) is 40.5 Å². The van der Waals surface area contributed by atoms with Gasteiger partial charge >= 0.3 is 0 Å². The molecule has 1 saturated heterocycles. The van der Waals surface area contributed by atoms with Crippen molar-refractivity contribution < 1.29 is 59.1 Å². The van der Waals surface area contributed by atoms with Crippen molar-refractivity contribution in [1.29, 1.82) is 0 Å². The van der Waals surface area contributed by atoms with Crippen LogP contribution in [0.25, 0.3) is 22.3 Å². The minimum atomic E-state index is -1.73. The van der Waals surface area contributed by atoms with Crippen LogP contribution in [-0.4, -0.2) is 99.0 Å². The van der Waals surface area contributed by atoms with Crippen molar-refractivity contribution >= 4 is 11.0 Å². The molecule has 1 fully saturated rings. The summed E-state index contributed by atoms with van der Waals surface area (Å²) in [7, 11) is 1.28. The fourth-order valence-electron chi connectivity index (χ4n) is 5.24. The normalized spacial score (nSPS) is 29.8. The van der Waals surface area contributed by atoms with Crippen molar-refractivity contribution in [2.24, 2.45) is 0 Å². The standard InChI is InChI=1S/C29H32O13/c1-12-7-16(34)29(41-20(12)10-30)42-28-26(37)24(35)21(11-31)40-27(28)23-18(38-2)9-19-22(25(23)36)15(33)8-17(39-19)13-3-5-14(32)6-4-13/h3-9,16,20-21,24,26-32,34-37H,10-11H2,1-2H3.